The minimum absolute atomic E-state index is 0.0459. The topological polar surface area (TPSA) is 87.5 Å². The van der Waals surface area contributed by atoms with Crippen molar-refractivity contribution in [1.82, 2.24) is 4.90 Å². The molecular formula is C19H12Cl2N2O4. The van der Waals surface area contributed by atoms with Gasteiger partial charge in [0.1, 0.15) is 12.6 Å². The summed E-state index contributed by atoms with van der Waals surface area (Å²) in [6.45, 7) is 1.36. The highest BCUT2D eigenvalue weighted by atomic mass is 35.5. The van der Waals surface area contributed by atoms with Gasteiger partial charge in [-0.1, -0.05) is 35.3 Å². The van der Waals surface area contributed by atoms with Crippen LogP contribution in [0.2, 0.25) is 10.0 Å². The summed E-state index contributed by atoms with van der Waals surface area (Å²) in [5.74, 6) is -1.99. The average Bonchev–Trinajstić information content (AvgIpc) is 2.90. The van der Waals surface area contributed by atoms with Crippen LogP contribution in [0.1, 0.15) is 38.8 Å². The maximum Gasteiger partial charge on any atom is 0.329 e. The first-order chi connectivity index (χ1) is 12.8. The molecule has 0 unspecified atom stereocenters. The highest BCUT2D eigenvalue weighted by molar-refractivity contribution is 6.43. The number of imide groups is 1. The summed E-state index contributed by atoms with van der Waals surface area (Å²) in [6, 6.07) is 10.0. The summed E-state index contributed by atoms with van der Waals surface area (Å²) in [7, 11) is 0. The van der Waals surface area contributed by atoms with Gasteiger partial charge in [-0.15, -0.1) is 0 Å². The van der Waals surface area contributed by atoms with E-state index >= 15 is 0 Å². The van der Waals surface area contributed by atoms with Gasteiger partial charge in [0.05, 0.1) is 32.8 Å². The van der Waals surface area contributed by atoms with Crippen molar-refractivity contribution in [3.05, 3.63) is 68.7 Å². The number of fused-ring (bicyclic) bond motifs is 1. The summed E-state index contributed by atoms with van der Waals surface area (Å²) in [5, 5.41) is 9.07. The molecule has 136 valence electrons. The molecule has 1 atom stereocenters. The minimum atomic E-state index is -1.12. The van der Waals surface area contributed by atoms with E-state index in [1.54, 1.807) is 24.3 Å². The monoisotopic (exact) mass is 402 g/mol. The van der Waals surface area contributed by atoms with E-state index in [-0.39, 0.29) is 27.8 Å². The molecule has 6 nitrogen and oxygen atoms in total. The number of carbonyl (C=O) groups is 3. The van der Waals surface area contributed by atoms with Crippen LogP contribution in [-0.2, 0) is 16.1 Å². The van der Waals surface area contributed by atoms with Gasteiger partial charge in [-0.2, -0.15) is 5.26 Å². The number of esters is 1. The molecule has 1 heterocycles. The van der Waals surface area contributed by atoms with Crippen molar-refractivity contribution in [1.29, 1.82) is 5.26 Å². The standard InChI is InChI=1S/C19H12Cl2N2O4/c1-10(19(26)27-9-12-4-2-11(8-22)3-5-12)23-17(24)13-6-15(20)16(21)7-14(13)18(23)25/h2-7,10H,9H2,1H3/t10-/m0/s1. The molecule has 1 aliphatic rings. The fourth-order valence-corrected chi connectivity index (χ4v) is 2.99. The lowest BCUT2D eigenvalue weighted by atomic mass is 10.1. The lowest BCUT2D eigenvalue weighted by Gasteiger charge is -2.20. The molecule has 2 aromatic carbocycles. The fourth-order valence-electron chi connectivity index (χ4n) is 2.66. The number of nitriles is 1. The zero-order chi connectivity index (χ0) is 19.7. The molecule has 27 heavy (non-hydrogen) atoms. The van der Waals surface area contributed by atoms with Gasteiger partial charge in [0.2, 0.25) is 0 Å². The molecule has 0 aromatic heterocycles. The Bertz CT molecular complexity index is 955. The van der Waals surface area contributed by atoms with Crippen LogP contribution in [0.15, 0.2) is 36.4 Å². The first-order valence-corrected chi connectivity index (χ1v) is 8.61. The molecule has 0 spiro atoms. The van der Waals surface area contributed by atoms with Crippen molar-refractivity contribution >= 4 is 41.0 Å². The van der Waals surface area contributed by atoms with Crippen LogP contribution in [0.25, 0.3) is 0 Å². The lowest BCUT2D eigenvalue weighted by molar-refractivity contribution is -0.149. The number of carbonyl (C=O) groups excluding carboxylic acids is 3. The van der Waals surface area contributed by atoms with E-state index in [2.05, 4.69) is 0 Å². The molecule has 1 aliphatic heterocycles. The minimum Gasteiger partial charge on any atom is -0.459 e. The third kappa shape index (κ3) is 3.52. The summed E-state index contributed by atoms with van der Waals surface area (Å²) < 4.78 is 5.20. The second kappa shape index (κ2) is 7.39. The first kappa shape index (κ1) is 18.9. The summed E-state index contributed by atoms with van der Waals surface area (Å²) >= 11 is 11.8. The largest absolute Gasteiger partial charge is 0.459 e. The summed E-state index contributed by atoms with van der Waals surface area (Å²) in [6.07, 6.45) is 0. The third-order valence-corrected chi connectivity index (χ3v) is 4.87. The van der Waals surface area contributed by atoms with E-state index in [1.165, 1.54) is 19.1 Å². The Kier molecular flexibility index (Phi) is 5.17. The van der Waals surface area contributed by atoms with Crippen LogP contribution in [0, 0.1) is 11.3 Å². The van der Waals surface area contributed by atoms with E-state index in [0.29, 0.717) is 11.1 Å². The van der Waals surface area contributed by atoms with Gasteiger partial charge in [0.25, 0.3) is 11.8 Å². The van der Waals surface area contributed by atoms with Crippen LogP contribution in [-0.4, -0.2) is 28.7 Å². The third-order valence-electron chi connectivity index (χ3n) is 4.15. The number of hydrogen-bond acceptors (Lipinski definition) is 5. The van der Waals surface area contributed by atoms with E-state index in [0.717, 1.165) is 4.90 Å². The van der Waals surface area contributed by atoms with Crippen molar-refractivity contribution in [3.8, 4) is 6.07 Å². The molecule has 0 bridgehead atoms. The second-order valence-corrected chi connectivity index (χ2v) is 6.70. The van der Waals surface area contributed by atoms with Gasteiger partial charge in [0, 0.05) is 0 Å². The number of hydrogen-bond donors (Lipinski definition) is 0. The van der Waals surface area contributed by atoms with Crippen LogP contribution in [0.4, 0.5) is 0 Å². The van der Waals surface area contributed by atoms with Gasteiger partial charge in [-0.3, -0.25) is 14.5 Å². The highest BCUT2D eigenvalue weighted by Gasteiger charge is 2.42. The normalized spacial score (nSPS) is 13.9. The molecule has 2 amide bonds. The van der Waals surface area contributed by atoms with E-state index in [4.69, 9.17) is 33.2 Å². The highest BCUT2D eigenvalue weighted by Crippen LogP contribution is 2.32. The Morgan fingerprint density at radius 1 is 1.11 bits per heavy atom. The second-order valence-electron chi connectivity index (χ2n) is 5.88. The number of benzene rings is 2. The predicted molar refractivity (Wildman–Crippen MR) is 97.4 cm³/mol. The Morgan fingerprint density at radius 2 is 1.63 bits per heavy atom. The van der Waals surface area contributed by atoms with Gasteiger partial charge in [-0.25, -0.2) is 4.79 Å². The first-order valence-electron chi connectivity index (χ1n) is 7.86. The molecule has 2 aromatic rings. The smallest absolute Gasteiger partial charge is 0.329 e. The summed E-state index contributed by atoms with van der Waals surface area (Å²) in [5.41, 5.74) is 1.36. The molecule has 3 rings (SSSR count). The zero-order valence-corrected chi connectivity index (χ0v) is 15.5. The van der Waals surface area contributed by atoms with Crippen molar-refractivity contribution < 1.29 is 19.1 Å². The quantitative estimate of drug-likeness (QED) is 0.575. The van der Waals surface area contributed by atoms with Gasteiger partial charge < -0.3 is 4.74 Å². The molecular weight excluding hydrogens is 391 g/mol. The van der Waals surface area contributed by atoms with Gasteiger partial charge in [-0.05, 0) is 36.8 Å². The van der Waals surface area contributed by atoms with Gasteiger partial charge in [0.15, 0.2) is 0 Å². The molecule has 8 heteroatoms. The maximum atomic E-state index is 12.5. The lowest BCUT2D eigenvalue weighted by Crippen LogP contribution is -2.43. The van der Waals surface area contributed by atoms with E-state index < -0.39 is 23.8 Å². The molecule has 0 saturated carbocycles. The van der Waals surface area contributed by atoms with Crippen LogP contribution >= 0.6 is 23.2 Å². The SMILES string of the molecule is C[C@@H](C(=O)OCc1ccc(C#N)cc1)N1C(=O)c2cc(Cl)c(Cl)cc2C1=O. The van der Waals surface area contributed by atoms with Crippen molar-refractivity contribution in [2.24, 2.45) is 0 Å². The number of ether oxygens (including phenoxy) is 1. The van der Waals surface area contributed by atoms with Crippen LogP contribution in [0.5, 0.6) is 0 Å². The van der Waals surface area contributed by atoms with Gasteiger partial charge >= 0.3 is 5.97 Å². The Morgan fingerprint density at radius 3 is 2.11 bits per heavy atom. The predicted octanol–water partition coefficient (Wildman–Crippen LogP) is 3.59. The van der Waals surface area contributed by atoms with Crippen molar-refractivity contribution in [2.75, 3.05) is 0 Å². The Labute approximate surface area is 164 Å². The van der Waals surface area contributed by atoms with Crippen molar-refractivity contribution in [2.45, 2.75) is 19.6 Å². The van der Waals surface area contributed by atoms with E-state index in [9.17, 15) is 14.4 Å². The molecule has 0 N–H and O–H groups in total. The average molecular weight is 403 g/mol. The number of halogens is 2. The molecule has 0 saturated heterocycles. The molecule has 0 aliphatic carbocycles. The number of rotatable bonds is 4. The number of nitrogens with zero attached hydrogens (tertiary/aromatic N) is 2. The zero-order valence-electron chi connectivity index (χ0n) is 14.0. The van der Waals surface area contributed by atoms with Crippen molar-refractivity contribution in [3.63, 3.8) is 0 Å². The maximum absolute atomic E-state index is 12.5. The van der Waals surface area contributed by atoms with Crippen LogP contribution in [0.3, 0.4) is 0 Å². The fraction of sp³-hybridized carbons (Fsp3) is 0.158. The Hall–Kier alpha value is -2.88. The molecule has 0 radical (unpaired) electrons. The Balaban J connectivity index is 1.72. The summed E-state index contributed by atoms with van der Waals surface area (Å²) in [4.78, 5) is 38.2. The van der Waals surface area contributed by atoms with Crippen LogP contribution < -0.4 is 0 Å². The van der Waals surface area contributed by atoms with E-state index in [1.807, 2.05) is 6.07 Å². The molecule has 0 fully saturated rings. The number of amides is 2.